The first kappa shape index (κ1) is 7.73. The topological polar surface area (TPSA) is 54.4 Å². The van der Waals surface area contributed by atoms with E-state index in [0.29, 0.717) is 11.1 Å². The third-order valence-corrected chi connectivity index (χ3v) is 1.93. The Kier molecular flexibility index (Phi) is 1.52. The van der Waals surface area contributed by atoms with E-state index in [1.807, 2.05) is 0 Å². The van der Waals surface area contributed by atoms with E-state index in [2.05, 4.69) is 0 Å². The van der Waals surface area contributed by atoms with Gasteiger partial charge in [0.1, 0.15) is 0 Å². The average molecular weight is 174 g/mol. The van der Waals surface area contributed by atoms with E-state index in [9.17, 15) is 14.7 Å². The second-order valence-corrected chi connectivity index (χ2v) is 2.80. The number of ketones is 2. The van der Waals surface area contributed by atoms with Crippen LogP contribution in [0.1, 0.15) is 0 Å². The predicted octanol–water partition coefficient (Wildman–Crippen LogP) is 1.00. The van der Waals surface area contributed by atoms with Crippen LogP contribution in [0.5, 0.6) is 0 Å². The van der Waals surface area contributed by atoms with Gasteiger partial charge in [-0.15, -0.1) is 0 Å². The molecule has 0 unspecified atom stereocenters. The maximum atomic E-state index is 11.0. The third-order valence-electron chi connectivity index (χ3n) is 1.93. The molecule has 2 aliphatic rings. The Labute approximate surface area is 74.4 Å². The summed E-state index contributed by atoms with van der Waals surface area (Å²) in [5, 5.41) is 9.33. The molecule has 0 spiro atoms. The van der Waals surface area contributed by atoms with Gasteiger partial charge in [-0.1, -0.05) is 6.08 Å². The summed E-state index contributed by atoms with van der Waals surface area (Å²) >= 11 is 0. The van der Waals surface area contributed by atoms with Gasteiger partial charge in [0.15, 0.2) is 11.5 Å². The fourth-order valence-electron chi connectivity index (χ4n) is 1.27. The molecular formula is C10H6O3. The number of hydrogen-bond acceptors (Lipinski definition) is 3. The van der Waals surface area contributed by atoms with Gasteiger partial charge in [-0.2, -0.15) is 0 Å². The van der Waals surface area contributed by atoms with Crippen LogP contribution >= 0.6 is 0 Å². The minimum Gasteiger partial charge on any atom is -0.504 e. The Balaban J connectivity index is 2.57. The van der Waals surface area contributed by atoms with Crippen molar-refractivity contribution in [3.8, 4) is 0 Å². The summed E-state index contributed by atoms with van der Waals surface area (Å²) in [7, 11) is 0. The number of carbonyl (C=O) groups excluding carboxylic acids is 2. The first-order valence-electron chi connectivity index (χ1n) is 3.78. The van der Waals surface area contributed by atoms with Gasteiger partial charge in [0.2, 0.25) is 5.78 Å². The molecular weight excluding hydrogens is 168 g/mol. The maximum absolute atomic E-state index is 11.0. The van der Waals surface area contributed by atoms with E-state index in [-0.39, 0.29) is 11.5 Å². The Morgan fingerprint density at radius 1 is 1.00 bits per heavy atom. The fourth-order valence-corrected chi connectivity index (χ4v) is 1.27. The van der Waals surface area contributed by atoms with Gasteiger partial charge < -0.3 is 5.11 Å². The van der Waals surface area contributed by atoms with Crippen molar-refractivity contribution >= 4 is 11.6 Å². The van der Waals surface area contributed by atoms with Crippen molar-refractivity contribution < 1.29 is 14.7 Å². The van der Waals surface area contributed by atoms with Crippen LogP contribution in [0.3, 0.4) is 0 Å². The number of fused-ring (bicyclic) bond motifs is 1. The molecule has 0 aromatic carbocycles. The summed E-state index contributed by atoms with van der Waals surface area (Å²) in [5.74, 6) is -0.853. The van der Waals surface area contributed by atoms with Crippen LogP contribution < -0.4 is 0 Å². The fraction of sp³-hybridized carbons (Fsp3) is 0. The molecule has 13 heavy (non-hydrogen) atoms. The molecule has 0 aromatic heterocycles. The maximum Gasteiger partial charge on any atom is 0.220 e. The summed E-state index contributed by atoms with van der Waals surface area (Å²) in [5.41, 5.74) is 1.01. The number of hydrogen-bond donors (Lipinski definition) is 1. The summed E-state index contributed by atoms with van der Waals surface area (Å²) in [6, 6.07) is 0. The molecule has 2 rings (SSSR count). The Hall–Kier alpha value is -1.90. The highest BCUT2D eigenvalue weighted by Crippen LogP contribution is 2.24. The van der Waals surface area contributed by atoms with Gasteiger partial charge in [-0.05, 0) is 29.9 Å². The zero-order valence-corrected chi connectivity index (χ0v) is 6.65. The number of allylic oxidation sites excluding steroid dienone is 7. The minimum absolute atomic E-state index is 0.134. The third kappa shape index (κ3) is 1.14. The van der Waals surface area contributed by atoms with E-state index in [0.717, 1.165) is 0 Å². The number of aliphatic hydroxyl groups is 1. The number of aliphatic hydroxyl groups excluding tert-OH is 1. The van der Waals surface area contributed by atoms with Crippen LogP contribution in [0.2, 0.25) is 0 Å². The molecule has 2 aliphatic carbocycles. The largest absolute Gasteiger partial charge is 0.504 e. The van der Waals surface area contributed by atoms with Gasteiger partial charge >= 0.3 is 0 Å². The highest BCUT2D eigenvalue weighted by Gasteiger charge is 2.19. The molecule has 0 heterocycles. The van der Waals surface area contributed by atoms with Crippen LogP contribution in [-0.4, -0.2) is 16.7 Å². The van der Waals surface area contributed by atoms with Crippen LogP contribution in [0.25, 0.3) is 0 Å². The summed E-state index contributed by atoms with van der Waals surface area (Å²) < 4.78 is 0. The van der Waals surface area contributed by atoms with E-state index in [1.54, 1.807) is 0 Å². The van der Waals surface area contributed by atoms with Gasteiger partial charge in [-0.25, -0.2) is 0 Å². The first-order chi connectivity index (χ1) is 6.18. The normalized spacial score (nSPS) is 20.5. The predicted molar refractivity (Wildman–Crippen MR) is 46.0 cm³/mol. The molecule has 0 amide bonds. The van der Waals surface area contributed by atoms with Gasteiger partial charge in [-0.3, -0.25) is 9.59 Å². The molecule has 0 fully saturated rings. The van der Waals surface area contributed by atoms with Crippen molar-refractivity contribution in [2.75, 3.05) is 0 Å². The quantitative estimate of drug-likeness (QED) is 0.596. The lowest BCUT2D eigenvalue weighted by atomic mass is 9.92. The molecule has 3 nitrogen and oxygen atoms in total. The van der Waals surface area contributed by atoms with Crippen LogP contribution in [0.4, 0.5) is 0 Å². The van der Waals surface area contributed by atoms with Crippen molar-refractivity contribution in [2.24, 2.45) is 0 Å². The van der Waals surface area contributed by atoms with Gasteiger partial charge in [0.05, 0.1) is 0 Å². The minimum atomic E-state index is -0.425. The Morgan fingerprint density at radius 3 is 2.54 bits per heavy atom. The molecule has 0 atom stereocenters. The van der Waals surface area contributed by atoms with Crippen molar-refractivity contribution in [1.29, 1.82) is 0 Å². The van der Waals surface area contributed by atoms with Crippen LogP contribution in [-0.2, 0) is 9.59 Å². The summed E-state index contributed by atoms with van der Waals surface area (Å²) in [6.45, 7) is 0. The molecule has 0 saturated carbocycles. The van der Waals surface area contributed by atoms with Crippen molar-refractivity contribution in [1.82, 2.24) is 0 Å². The van der Waals surface area contributed by atoms with E-state index < -0.39 is 5.78 Å². The molecule has 0 radical (unpaired) electrons. The molecule has 0 bridgehead atoms. The second kappa shape index (κ2) is 2.55. The second-order valence-electron chi connectivity index (χ2n) is 2.80. The average Bonchev–Trinajstić information content (AvgIpc) is 2.12. The Bertz CT molecular complexity index is 419. The Morgan fingerprint density at radius 2 is 1.77 bits per heavy atom. The number of carbonyl (C=O) groups is 2. The van der Waals surface area contributed by atoms with E-state index in [4.69, 9.17) is 0 Å². The highest BCUT2D eigenvalue weighted by molar-refractivity contribution is 6.09. The van der Waals surface area contributed by atoms with E-state index >= 15 is 0 Å². The smallest absolute Gasteiger partial charge is 0.220 e. The lowest BCUT2D eigenvalue weighted by Gasteiger charge is -2.12. The molecule has 0 aromatic rings. The lowest BCUT2D eigenvalue weighted by molar-refractivity contribution is -0.114. The zero-order chi connectivity index (χ0) is 9.42. The van der Waals surface area contributed by atoms with Crippen molar-refractivity contribution in [2.45, 2.75) is 0 Å². The van der Waals surface area contributed by atoms with Crippen LogP contribution in [0, 0.1) is 0 Å². The molecule has 0 saturated heterocycles. The SMILES string of the molecule is O=C1C=CC2=C(O)C(=O)C=CC2=C1. The molecule has 0 aliphatic heterocycles. The molecule has 64 valence electrons. The number of rotatable bonds is 0. The highest BCUT2D eigenvalue weighted by atomic mass is 16.3. The standard InChI is InChI=1S/C10H6O3/c11-7-2-3-8-6(5-7)1-4-9(12)10(8)13/h1-5,13H. The first-order valence-corrected chi connectivity index (χ1v) is 3.78. The van der Waals surface area contributed by atoms with Gasteiger partial charge in [0, 0.05) is 5.57 Å². The molecule has 1 N–H and O–H groups in total. The van der Waals surface area contributed by atoms with Gasteiger partial charge in [0.25, 0.3) is 0 Å². The van der Waals surface area contributed by atoms with Crippen LogP contribution in [0.15, 0.2) is 47.3 Å². The molecule has 3 heteroatoms. The monoisotopic (exact) mass is 174 g/mol. The van der Waals surface area contributed by atoms with Crippen molar-refractivity contribution in [3.05, 3.63) is 47.3 Å². The summed E-state index contributed by atoms with van der Waals surface area (Å²) in [6.07, 6.45) is 6.93. The summed E-state index contributed by atoms with van der Waals surface area (Å²) in [4.78, 5) is 21.9. The zero-order valence-electron chi connectivity index (χ0n) is 6.65. The lowest BCUT2D eigenvalue weighted by Crippen LogP contribution is -2.10. The van der Waals surface area contributed by atoms with Crippen molar-refractivity contribution in [3.63, 3.8) is 0 Å². The van der Waals surface area contributed by atoms with E-state index in [1.165, 1.54) is 30.4 Å².